The maximum atomic E-state index is 12.7. The number of amides is 1. The van der Waals surface area contributed by atoms with E-state index in [1.165, 1.54) is 11.8 Å². The molecule has 1 aromatic carbocycles. The summed E-state index contributed by atoms with van der Waals surface area (Å²) in [5, 5.41) is 12.0. The molecule has 4 aromatic rings. The molecule has 30 heavy (non-hydrogen) atoms. The average molecular weight is 420 g/mol. The third-order valence-electron chi connectivity index (χ3n) is 4.41. The van der Waals surface area contributed by atoms with E-state index in [1.54, 1.807) is 18.3 Å². The number of para-hydroxylation sites is 1. The number of carbonyl (C=O) groups is 1. The minimum atomic E-state index is -0.141. The molecule has 1 amide bonds. The summed E-state index contributed by atoms with van der Waals surface area (Å²) in [4.78, 5) is 17.0. The predicted octanol–water partition coefficient (Wildman–Crippen LogP) is 3.83. The van der Waals surface area contributed by atoms with Crippen molar-refractivity contribution < 1.29 is 9.32 Å². The molecule has 152 valence electrons. The predicted molar refractivity (Wildman–Crippen MR) is 115 cm³/mol. The van der Waals surface area contributed by atoms with Gasteiger partial charge < -0.3 is 9.84 Å². The molecule has 0 saturated carbocycles. The molecule has 0 aliphatic heterocycles. The van der Waals surface area contributed by atoms with Crippen LogP contribution in [0.2, 0.25) is 0 Å². The topological polar surface area (TPSA) is 85.8 Å². The van der Waals surface area contributed by atoms with E-state index >= 15 is 0 Å². The van der Waals surface area contributed by atoms with Gasteiger partial charge in [0.25, 0.3) is 5.91 Å². The maximum absolute atomic E-state index is 12.7. The molecule has 0 radical (unpaired) electrons. The van der Waals surface area contributed by atoms with E-state index in [-0.39, 0.29) is 5.91 Å². The van der Waals surface area contributed by atoms with E-state index < -0.39 is 0 Å². The van der Waals surface area contributed by atoms with Crippen LogP contribution in [-0.4, -0.2) is 32.4 Å². The Morgan fingerprint density at radius 2 is 2.07 bits per heavy atom. The highest BCUT2D eigenvalue weighted by Crippen LogP contribution is 2.24. The Balaban J connectivity index is 1.33. The number of rotatable bonds is 8. The molecule has 0 aliphatic carbocycles. The van der Waals surface area contributed by atoms with Gasteiger partial charge in [0, 0.05) is 30.8 Å². The molecule has 7 nitrogen and oxygen atoms in total. The van der Waals surface area contributed by atoms with Crippen molar-refractivity contribution in [3.05, 3.63) is 89.7 Å². The zero-order chi connectivity index (χ0) is 20.8. The van der Waals surface area contributed by atoms with Crippen molar-refractivity contribution >= 4 is 17.7 Å². The number of thioether (sulfide) groups is 1. The minimum Gasteiger partial charge on any atom is -0.361 e. The van der Waals surface area contributed by atoms with Gasteiger partial charge in [-0.1, -0.05) is 35.1 Å². The van der Waals surface area contributed by atoms with E-state index in [9.17, 15) is 4.79 Å². The molecular weight excluding hydrogens is 398 g/mol. The lowest BCUT2D eigenvalue weighted by Crippen LogP contribution is -2.26. The van der Waals surface area contributed by atoms with Gasteiger partial charge in [-0.2, -0.15) is 5.10 Å². The largest absolute Gasteiger partial charge is 0.361 e. The van der Waals surface area contributed by atoms with Gasteiger partial charge in [0.2, 0.25) is 0 Å². The first kappa shape index (κ1) is 19.9. The number of pyridine rings is 1. The zero-order valence-electron chi connectivity index (χ0n) is 16.5. The molecule has 0 saturated heterocycles. The quantitative estimate of drug-likeness (QED) is 0.437. The molecule has 0 fully saturated rings. The van der Waals surface area contributed by atoms with Gasteiger partial charge in [-0.15, -0.1) is 0 Å². The van der Waals surface area contributed by atoms with Crippen LogP contribution in [-0.2, 0) is 12.2 Å². The Kier molecular flexibility index (Phi) is 6.24. The first-order chi connectivity index (χ1) is 14.7. The first-order valence-electron chi connectivity index (χ1n) is 9.56. The fourth-order valence-corrected chi connectivity index (χ4v) is 3.81. The van der Waals surface area contributed by atoms with Crippen LogP contribution in [0.5, 0.6) is 0 Å². The Morgan fingerprint density at radius 3 is 2.87 bits per heavy atom. The van der Waals surface area contributed by atoms with E-state index in [0.717, 1.165) is 22.7 Å². The monoisotopic (exact) mass is 419 g/mol. The molecule has 0 spiro atoms. The Morgan fingerprint density at radius 1 is 1.20 bits per heavy atom. The summed E-state index contributed by atoms with van der Waals surface area (Å²) in [6.07, 6.45) is 6.18. The smallest absolute Gasteiger partial charge is 0.254 e. The zero-order valence-corrected chi connectivity index (χ0v) is 17.3. The molecule has 8 heteroatoms. The van der Waals surface area contributed by atoms with Crippen molar-refractivity contribution in [3.63, 3.8) is 0 Å². The standard InChI is InChI=1S/C22H21N5O2S/c1-16-12-18(26-29-16)15-30-22-20(8-5-10-24-22)21(28)23-11-9-17-13-25-27(14-17)19-6-3-2-4-7-19/h2-8,10,12-14H,9,11,15H2,1H3,(H,23,28). The summed E-state index contributed by atoms with van der Waals surface area (Å²) in [7, 11) is 0. The van der Waals surface area contributed by atoms with Crippen LogP contribution in [0.25, 0.3) is 5.69 Å². The second-order valence-corrected chi connectivity index (χ2v) is 7.67. The second-order valence-electron chi connectivity index (χ2n) is 6.71. The average Bonchev–Trinajstić information content (AvgIpc) is 3.42. The lowest BCUT2D eigenvalue weighted by atomic mass is 10.2. The second kappa shape index (κ2) is 9.41. The molecule has 3 heterocycles. The van der Waals surface area contributed by atoms with Gasteiger partial charge >= 0.3 is 0 Å². The maximum Gasteiger partial charge on any atom is 0.254 e. The molecule has 0 unspecified atom stereocenters. The highest BCUT2D eigenvalue weighted by atomic mass is 32.2. The van der Waals surface area contributed by atoms with Crippen LogP contribution in [0.4, 0.5) is 0 Å². The number of nitrogens with zero attached hydrogens (tertiary/aromatic N) is 4. The normalized spacial score (nSPS) is 10.8. The summed E-state index contributed by atoms with van der Waals surface area (Å²) in [6, 6.07) is 15.4. The van der Waals surface area contributed by atoms with Crippen molar-refractivity contribution in [3.8, 4) is 5.69 Å². The summed E-state index contributed by atoms with van der Waals surface area (Å²) in [5.41, 5.74) is 3.45. The molecule has 0 bridgehead atoms. The number of benzene rings is 1. The van der Waals surface area contributed by atoms with E-state index in [2.05, 4.69) is 20.6 Å². The van der Waals surface area contributed by atoms with Gasteiger partial charge in [0.15, 0.2) is 0 Å². The Bertz CT molecular complexity index is 1120. The van der Waals surface area contributed by atoms with Gasteiger partial charge in [-0.25, -0.2) is 9.67 Å². The van der Waals surface area contributed by atoms with Crippen molar-refractivity contribution in [2.45, 2.75) is 24.1 Å². The third-order valence-corrected chi connectivity index (χ3v) is 5.44. The number of nitrogens with one attached hydrogen (secondary N) is 1. The lowest BCUT2D eigenvalue weighted by molar-refractivity contribution is 0.0950. The summed E-state index contributed by atoms with van der Waals surface area (Å²) < 4.78 is 6.92. The molecule has 3 aromatic heterocycles. The van der Waals surface area contributed by atoms with Gasteiger partial charge in [0.05, 0.1) is 23.1 Å². The third kappa shape index (κ3) is 4.96. The summed E-state index contributed by atoms with van der Waals surface area (Å²) >= 11 is 1.46. The molecule has 0 atom stereocenters. The summed E-state index contributed by atoms with van der Waals surface area (Å²) in [5.74, 6) is 1.21. The SMILES string of the molecule is Cc1cc(CSc2ncccc2C(=O)NCCc2cnn(-c3ccccc3)c2)no1. The van der Waals surface area contributed by atoms with Crippen molar-refractivity contribution in [1.29, 1.82) is 0 Å². The van der Waals surface area contributed by atoms with Crippen LogP contribution in [0.15, 0.2) is 76.7 Å². The fraction of sp³-hybridized carbons (Fsp3) is 0.182. The highest BCUT2D eigenvalue weighted by molar-refractivity contribution is 7.98. The molecule has 0 aliphatic rings. The highest BCUT2D eigenvalue weighted by Gasteiger charge is 2.13. The lowest BCUT2D eigenvalue weighted by Gasteiger charge is -2.08. The fourth-order valence-electron chi connectivity index (χ4n) is 2.93. The number of aryl methyl sites for hydroxylation is 1. The van der Waals surface area contributed by atoms with Gasteiger partial charge in [-0.05, 0) is 43.2 Å². The molecule has 1 N–H and O–H groups in total. The minimum absolute atomic E-state index is 0.141. The summed E-state index contributed by atoms with van der Waals surface area (Å²) in [6.45, 7) is 2.37. The van der Waals surface area contributed by atoms with Crippen LogP contribution in [0.3, 0.4) is 0 Å². The van der Waals surface area contributed by atoms with Crippen LogP contribution >= 0.6 is 11.8 Å². The van der Waals surface area contributed by atoms with E-state index in [0.29, 0.717) is 29.3 Å². The van der Waals surface area contributed by atoms with Crippen molar-refractivity contribution in [1.82, 2.24) is 25.2 Å². The van der Waals surface area contributed by atoms with E-state index in [4.69, 9.17) is 4.52 Å². The van der Waals surface area contributed by atoms with E-state index in [1.807, 2.05) is 60.4 Å². The van der Waals surface area contributed by atoms with Crippen LogP contribution in [0.1, 0.15) is 27.4 Å². The number of hydrogen-bond acceptors (Lipinski definition) is 6. The number of hydrogen-bond donors (Lipinski definition) is 1. The number of aromatic nitrogens is 4. The molecule has 4 rings (SSSR count). The molecular formula is C22H21N5O2S. The van der Waals surface area contributed by atoms with Crippen LogP contribution < -0.4 is 5.32 Å². The van der Waals surface area contributed by atoms with Crippen molar-refractivity contribution in [2.75, 3.05) is 6.54 Å². The van der Waals surface area contributed by atoms with Crippen molar-refractivity contribution in [2.24, 2.45) is 0 Å². The Labute approximate surface area is 178 Å². The van der Waals surface area contributed by atoms with Crippen LogP contribution in [0, 0.1) is 6.92 Å². The van der Waals surface area contributed by atoms with Gasteiger partial charge in [0.1, 0.15) is 10.8 Å². The first-order valence-corrected chi connectivity index (χ1v) is 10.5. The number of carbonyl (C=O) groups excluding carboxylic acids is 1. The van der Waals surface area contributed by atoms with Gasteiger partial charge in [-0.3, -0.25) is 4.79 Å². The Hall–Kier alpha value is -3.39.